The molecule has 32 heavy (non-hydrogen) atoms. The van der Waals surface area contributed by atoms with Gasteiger partial charge in [0.2, 0.25) is 5.82 Å². The van der Waals surface area contributed by atoms with E-state index in [2.05, 4.69) is 15.3 Å². The molecule has 2 aromatic carbocycles. The Morgan fingerprint density at radius 2 is 1.81 bits per heavy atom. The van der Waals surface area contributed by atoms with E-state index in [0.717, 1.165) is 6.34 Å². The number of hydrogen-bond donors (Lipinski definition) is 2. The first-order chi connectivity index (χ1) is 15.5. The Bertz CT molecular complexity index is 1300. The molecule has 158 valence electrons. The van der Waals surface area contributed by atoms with E-state index < -0.39 is 10.8 Å². The van der Waals surface area contributed by atoms with E-state index in [0.29, 0.717) is 22.5 Å². The second kappa shape index (κ2) is 8.92. The Hall–Kier alpha value is -4.79. The summed E-state index contributed by atoms with van der Waals surface area (Å²) in [6, 6.07) is 19.6. The minimum atomic E-state index is -0.546. The standard InChI is InChI=1S/C23H17N5O4/c29-19-8-4-7-18(13-19)27-20(16-9-11-24-12-10-16)14-21(28(31)32)22(27)25-15-26-23(30)17-5-2-1-3-6-17/h1-15,29H,(H,25,26,30). The van der Waals surface area contributed by atoms with Gasteiger partial charge in [-0.1, -0.05) is 24.3 Å². The van der Waals surface area contributed by atoms with Gasteiger partial charge in [0.15, 0.2) is 0 Å². The number of hydrogen-bond acceptors (Lipinski definition) is 6. The number of amides is 1. The third-order valence-corrected chi connectivity index (χ3v) is 4.63. The van der Waals surface area contributed by atoms with Crippen LogP contribution in [0, 0.1) is 10.1 Å². The molecule has 4 aromatic rings. The van der Waals surface area contributed by atoms with Crippen molar-refractivity contribution in [3.63, 3.8) is 0 Å². The number of phenols is 1. The summed E-state index contributed by atoms with van der Waals surface area (Å²) in [5.74, 6) is -0.422. The van der Waals surface area contributed by atoms with Crippen molar-refractivity contribution in [1.82, 2.24) is 14.9 Å². The number of carbonyl (C=O) groups excluding carboxylic acids is 1. The summed E-state index contributed by atoms with van der Waals surface area (Å²) < 4.78 is 1.54. The number of phenolic OH excluding ortho intramolecular Hbond substituents is 1. The zero-order chi connectivity index (χ0) is 22.5. The molecule has 0 spiro atoms. The second-order valence-electron chi connectivity index (χ2n) is 6.68. The molecule has 0 aliphatic heterocycles. The minimum Gasteiger partial charge on any atom is -0.508 e. The van der Waals surface area contributed by atoms with Crippen LogP contribution in [0.1, 0.15) is 10.4 Å². The fourth-order valence-corrected chi connectivity index (χ4v) is 3.20. The highest BCUT2D eigenvalue weighted by Gasteiger charge is 2.25. The van der Waals surface area contributed by atoms with E-state index in [1.165, 1.54) is 18.2 Å². The third-order valence-electron chi connectivity index (χ3n) is 4.63. The van der Waals surface area contributed by atoms with Crippen molar-refractivity contribution in [1.29, 1.82) is 0 Å². The maximum absolute atomic E-state index is 12.3. The van der Waals surface area contributed by atoms with Crippen LogP contribution < -0.4 is 5.32 Å². The van der Waals surface area contributed by atoms with Crippen molar-refractivity contribution in [3.05, 3.63) is 101 Å². The molecule has 0 aliphatic rings. The molecule has 0 bridgehead atoms. The van der Waals surface area contributed by atoms with E-state index in [9.17, 15) is 20.0 Å². The molecule has 0 fully saturated rings. The normalized spacial score (nSPS) is 10.9. The molecule has 0 saturated heterocycles. The number of aromatic nitrogens is 2. The maximum atomic E-state index is 12.3. The summed E-state index contributed by atoms with van der Waals surface area (Å²) in [4.78, 5) is 31.8. The monoisotopic (exact) mass is 427 g/mol. The van der Waals surface area contributed by atoms with Gasteiger partial charge in [-0.05, 0) is 36.4 Å². The Morgan fingerprint density at radius 3 is 2.50 bits per heavy atom. The molecule has 0 radical (unpaired) electrons. The van der Waals surface area contributed by atoms with Gasteiger partial charge in [-0.2, -0.15) is 0 Å². The number of carbonyl (C=O) groups is 1. The third kappa shape index (κ3) is 4.21. The topological polar surface area (TPSA) is 123 Å². The van der Waals surface area contributed by atoms with E-state index >= 15 is 0 Å². The van der Waals surface area contributed by atoms with Crippen molar-refractivity contribution in [2.45, 2.75) is 0 Å². The van der Waals surface area contributed by atoms with Gasteiger partial charge < -0.3 is 10.4 Å². The van der Waals surface area contributed by atoms with Gasteiger partial charge in [0, 0.05) is 35.7 Å². The summed E-state index contributed by atoms with van der Waals surface area (Å²) in [6.07, 6.45) is 4.27. The molecule has 0 aliphatic carbocycles. The summed E-state index contributed by atoms with van der Waals surface area (Å²) in [5.41, 5.74) is 1.78. The number of nitrogens with zero attached hydrogens (tertiary/aromatic N) is 4. The average Bonchev–Trinajstić information content (AvgIpc) is 3.20. The Morgan fingerprint density at radius 1 is 1.06 bits per heavy atom. The first-order valence-corrected chi connectivity index (χ1v) is 9.53. The van der Waals surface area contributed by atoms with Crippen LogP contribution in [-0.4, -0.2) is 31.8 Å². The summed E-state index contributed by atoms with van der Waals surface area (Å²) in [6.45, 7) is 0. The number of benzene rings is 2. The van der Waals surface area contributed by atoms with Gasteiger partial charge in [0.05, 0.1) is 22.6 Å². The lowest BCUT2D eigenvalue weighted by molar-refractivity contribution is -0.383. The highest BCUT2D eigenvalue weighted by molar-refractivity contribution is 6.01. The zero-order valence-electron chi connectivity index (χ0n) is 16.6. The molecule has 2 aromatic heterocycles. The van der Waals surface area contributed by atoms with Crippen LogP contribution in [0.2, 0.25) is 0 Å². The minimum absolute atomic E-state index is 0.00755. The highest BCUT2D eigenvalue weighted by Crippen LogP contribution is 2.39. The Balaban J connectivity index is 1.82. The fourth-order valence-electron chi connectivity index (χ4n) is 3.20. The molecule has 0 unspecified atom stereocenters. The second-order valence-corrected chi connectivity index (χ2v) is 6.68. The molecule has 2 heterocycles. The van der Waals surface area contributed by atoms with Crippen LogP contribution in [0.25, 0.3) is 16.9 Å². The van der Waals surface area contributed by atoms with Crippen LogP contribution in [0.4, 0.5) is 11.5 Å². The van der Waals surface area contributed by atoms with Crippen LogP contribution in [-0.2, 0) is 0 Å². The van der Waals surface area contributed by atoms with Crippen LogP contribution in [0.5, 0.6) is 5.75 Å². The predicted molar refractivity (Wildman–Crippen MR) is 119 cm³/mol. The molecule has 0 atom stereocenters. The number of nitrogens with one attached hydrogen (secondary N) is 1. The number of aromatic hydroxyl groups is 1. The van der Waals surface area contributed by atoms with E-state index in [1.807, 2.05) is 0 Å². The fraction of sp³-hybridized carbons (Fsp3) is 0. The summed E-state index contributed by atoms with van der Waals surface area (Å²) in [5, 5.41) is 24.3. The van der Waals surface area contributed by atoms with Gasteiger partial charge in [-0.15, -0.1) is 0 Å². The SMILES string of the molecule is O=C(NC=Nc1c([N+](=O)[O-])cc(-c2ccncc2)n1-c1cccc(O)c1)c1ccccc1. The number of nitro groups is 1. The maximum Gasteiger partial charge on any atom is 0.314 e. The summed E-state index contributed by atoms with van der Waals surface area (Å²) in [7, 11) is 0. The molecule has 2 N–H and O–H groups in total. The van der Waals surface area contributed by atoms with Crippen LogP contribution in [0.3, 0.4) is 0 Å². The number of rotatable bonds is 6. The van der Waals surface area contributed by atoms with Crippen molar-refractivity contribution < 1.29 is 14.8 Å². The van der Waals surface area contributed by atoms with Gasteiger partial charge >= 0.3 is 5.69 Å². The van der Waals surface area contributed by atoms with E-state index in [1.54, 1.807) is 71.6 Å². The molecular weight excluding hydrogens is 410 g/mol. The van der Waals surface area contributed by atoms with Gasteiger partial charge in [0.1, 0.15) is 5.75 Å². The predicted octanol–water partition coefficient (Wildman–Crippen LogP) is 4.24. The average molecular weight is 427 g/mol. The molecular formula is C23H17N5O4. The lowest BCUT2D eigenvalue weighted by Gasteiger charge is -2.11. The van der Waals surface area contributed by atoms with Gasteiger partial charge in [-0.25, -0.2) is 4.99 Å². The Kier molecular flexibility index (Phi) is 5.71. The van der Waals surface area contributed by atoms with E-state index in [-0.39, 0.29) is 17.3 Å². The molecule has 9 nitrogen and oxygen atoms in total. The first kappa shape index (κ1) is 20.5. The van der Waals surface area contributed by atoms with Crippen molar-refractivity contribution in [2.24, 2.45) is 4.99 Å². The zero-order valence-corrected chi connectivity index (χ0v) is 16.6. The van der Waals surface area contributed by atoms with Crippen molar-refractivity contribution in [2.75, 3.05) is 0 Å². The molecule has 0 saturated carbocycles. The highest BCUT2D eigenvalue weighted by atomic mass is 16.6. The lowest BCUT2D eigenvalue weighted by Crippen LogP contribution is -2.21. The van der Waals surface area contributed by atoms with Crippen LogP contribution >= 0.6 is 0 Å². The van der Waals surface area contributed by atoms with Crippen molar-refractivity contribution >= 4 is 23.8 Å². The van der Waals surface area contributed by atoms with Crippen molar-refractivity contribution in [3.8, 4) is 22.7 Å². The quantitative estimate of drug-likeness (QED) is 0.206. The molecule has 1 amide bonds. The molecule has 4 rings (SSSR count). The molecule has 9 heteroatoms. The summed E-state index contributed by atoms with van der Waals surface area (Å²) >= 11 is 0. The first-order valence-electron chi connectivity index (χ1n) is 9.53. The van der Waals surface area contributed by atoms with Gasteiger partial charge in [-0.3, -0.25) is 24.5 Å². The number of aliphatic imine (C=N–C) groups is 1. The Labute approximate surface area is 182 Å². The van der Waals surface area contributed by atoms with E-state index in [4.69, 9.17) is 0 Å². The smallest absolute Gasteiger partial charge is 0.314 e. The number of pyridine rings is 1. The lowest BCUT2D eigenvalue weighted by atomic mass is 10.2. The largest absolute Gasteiger partial charge is 0.508 e. The van der Waals surface area contributed by atoms with Crippen LogP contribution in [0.15, 0.2) is 90.2 Å². The van der Waals surface area contributed by atoms with Gasteiger partial charge in [0.25, 0.3) is 5.91 Å².